The summed E-state index contributed by atoms with van der Waals surface area (Å²) >= 11 is 0. The average molecular weight is 949 g/mol. The van der Waals surface area contributed by atoms with Crippen molar-refractivity contribution in [1.82, 2.24) is 0 Å². The van der Waals surface area contributed by atoms with Crippen LogP contribution in [-0.4, -0.2) is 171 Å². The molecule has 3 fully saturated rings. The van der Waals surface area contributed by atoms with Gasteiger partial charge in [0, 0.05) is 69.2 Å². The maximum absolute atomic E-state index is 13.0. The van der Waals surface area contributed by atoms with E-state index in [1.165, 1.54) is 6.08 Å². The maximum atomic E-state index is 13.0. The van der Waals surface area contributed by atoms with Crippen LogP contribution in [0.2, 0.25) is 0 Å². The monoisotopic (exact) mass is 948 g/mol. The Hall–Kier alpha value is -5.76. The van der Waals surface area contributed by atoms with Crippen LogP contribution in [0.15, 0.2) is 12.7 Å². The molecule has 370 valence electrons. The van der Waals surface area contributed by atoms with Gasteiger partial charge >= 0.3 is 59.7 Å². The van der Waals surface area contributed by atoms with Crippen molar-refractivity contribution < 1.29 is 119 Å². The molecule has 0 bridgehead atoms. The van der Waals surface area contributed by atoms with E-state index in [1.54, 1.807) is 0 Å². The quantitative estimate of drug-likeness (QED) is 0.0916. The molecular weight excluding hydrogens is 892 g/mol. The fourth-order valence-electron chi connectivity index (χ4n) is 7.24. The molecule has 15 atom stereocenters. The normalized spacial score (nSPS) is 31.6. The van der Waals surface area contributed by atoms with Crippen LogP contribution in [-0.2, 0) is 119 Å². The molecule has 0 aromatic rings. The molecule has 0 saturated carbocycles. The molecule has 0 amide bonds. The summed E-state index contributed by atoms with van der Waals surface area (Å²) in [5, 5.41) is 0. The number of carbonyl (C=O) groups excluding carboxylic acids is 10. The van der Waals surface area contributed by atoms with Gasteiger partial charge in [0.05, 0.1) is 0 Å². The van der Waals surface area contributed by atoms with Gasteiger partial charge in [-0.15, -0.1) is 6.58 Å². The summed E-state index contributed by atoms with van der Waals surface area (Å²) < 4.78 is 86.2. The Kier molecular flexibility index (Phi) is 20.9. The first-order valence-electron chi connectivity index (χ1n) is 20.4. The fraction of sp³-hybridized carbons (Fsp3) is 0.707. The Balaban J connectivity index is 2.30. The molecular formula is C41H56O25. The van der Waals surface area contributed by atoms with Crippen molar-refractivity contribution in [3.05, 3.63) is 12.7 Å². The largest absolute Gasteiger partial charge is 0.463 e. The topological polar surface area (TPSA) is 309 Å². The van der Waals surface area contributed by atoms with E-state index in [0.29, 0.717) is 0 Å². The summed E-state index contributed by atoms with van der Waals surface area (Å²) in [5.41, 5.74) is 0. The summed E-state index contributed by atoms with van der Waals surface area (Å²) in [6.07, 6.45) is -23.6. The SMILES string of the molecule is C=CC[C@@H]1O[C@H](COC(C)=O)[C@@H](O[C@@H]2O[C@H](COC(C)=O)[C@@H](O[C@@H]3O[C@H](COC(C)=O)[C@H](OC(C)=O)[C@H](OC(C)=O)[C@H]3OC(C)=O)[C@H](OC(C)=O)[C@H]2OC(C)=O)[C@H](OC(C)=O)[C@H]1OC(C)=O. The molecule has 0 aromatic carbocycles. The average Bonchev–Trinajstić information content (AvgIpc) is 3.17. The van der Waals surface area contributed by atoms with E-state index in [2.05, 4.69) is 6.58 Å². The highest BCUT2D eigenvalue weighted by Gasteiger charge is 2.59. The van der Waals surface area contributed by atoms with Crippen LogP contribution in [0.5, 0.6) is 0 Å². The number of esters is 10. The summed E-state index contributed by atoms with van der Waals surface area (Å²) in [7, 11) is 0. The standard InChI is InChI=1S/C41H56O25/c1-12-13-27-31(55-20(5)45)35(57-22(7)47)33(28(62-27)14-52-17(2)42)65-41-39(61-26(11)51)37(59-24(9)49)34(30(64-41)16-54-19(4)44)66-40-38(60-25(10)50)36(58-23(8)48)32(56-21(6)46)29(63-40)15-53-18(3)43/h12,27-41H,1,13-16H2,2-11H3/t27-,28+,29+,30+,31-,32-,33+,34+,35+,36-,37-,38+,39+,40-,41-/m0/s1. The van der Waals surface area contributed by atoms with E-state index in [9.17, 15) is 47.9 Å². The summed E-state index contributed by atoms with van der Waals surface area (Å²) in [4.78, 5) is 125. The van der Waals surface area contributed by atoms with E-state index in [0.717, 1.165) is 69.2 Å². The molecule has 0 aromatic heterocycles. The van der Waals surface area contributed by atoms with Gasteiger partial charge in [-0.2, -0.15) is 0 Å². The Bertz CT molecular complexity index is 1800. The van der Waals surface area contributed by atoms with Crippen molar-refractivity contribution in [3.63, 3.8) is 0 Å². The first-order valence-corrected chi connectivity index (χ1v) is 20.4. The number of ether oxygens (including phenoxy) is 15. The lowest BCUT2D eigenvalue weighted by molar-refractivity contribution is -0.373. The van der Waals surface area contributed by atoms with E-state index in [4.69, 9.17) is 71.1 Å². The minimum atomic E-state index is -1.97. The molecule has 25 heteroatoms. The molecule has 0 aliphatic carbocycles. The Labute approximate surface area is 378 Å². The third kappa shape index (κ3) is 16.3. The predicted molar refractivity (Wildman–Crippen MR) is 209 cm³/mol. The van der Waals surface area contributed by atoms with Crippen molar-refractivity contribution in [2.75, 3.05) is 19.8 Å². The van der Waals surface area contributed by atoms with Crippen molar-refractivity contribution in [2.24, 2.45) is 0 Å². The summed E-state index contributed by atoms with van der Waals surface area (Å²) in [6.45, 7) is 11.9. The van der Waals surface area contributed by atoms with Crippen LogP contribution in [0.3, 0.4) is 0 Å². The molecule has 0 N–H and O–H groups in total. The van der Waals surface area contributed by atoms with E-state index in [-0.39, 0.29) is 6.42 Å². The zero-order valence-corrected chi connectivity index (χ0v) is 38.0. The minimum Gasteiger partial charge on any atom is -0.463 e. The second-order valence-electron chi connectivity index (χ2n) is 15.0. The number of rotatable bonds is 19. The highest BCUT2D eigenvalue weighted by molar-refractivity contribution is 5.70. The number of carbonyl (C=O) groups is 10. The second-order valence-corrected chi connectivity index (χ2v) is 15.0. The molecule has 3 heterocycles. The van der Waals surface area contributed by atoms with Crippen molar-refractivity contribution in [2.45, 2.75) is 168 Å². The first kappa shape index (κ1) is 54.6. The van der Waals surface area contributed by atoms with E-state index >= 15 is 0 Å². The van der Waals surface area contributed by atoms with Crippen LogP contribution in [0, 0.1) is 0 Å². The smallest absolute Gasteiger partial charge is 0.303 e. The third-order valence-corrected chi connectivity index (χ3v) is 9.36. The van der Waals surface area contributed by atoms with Gasteiger partial charge < -0.3 is 71.1 Å². The van der Waals surface area contributed by atoms with Crippen LogP contribution < -0.4 is 0 Å². The van der Waals surface area contributed by atoms with E-state index in [1.807, 2.05) is 0 Å². The molecule has 25 nitrogen and oxygen atoms in total. The maximum Gasteiger partial charge on any atom is 0.303 e. The number of hydrogen-bond acceptors (Lipinski definition) is 25. The summed E-state index contributed by atoms with van der Waals surface area (Å²) in [5.74, 6) is -9.16. The lowest BCUT2D eigenvalue weighted by atomic mass is 9.92. The minimum absolute atomic E-state index is 0.00620. The van der Waals surface area contributed by atoms with Gasteiger partial charge in [0.1, 0.15) is 56.4 Å². The zero-order chi connectivity index (χ0) is 49.6. The Morgan fingerprint density at radius 1 is 0.348 bits per heavy atom. The van der Waals surface area contributed by atoms with Crippen molar-refractivity contribution in [1.29, 1.82) is 0 Å². The molecule has 3 rings (SSSR count). The molecule has 3 aliphatic rings. The van der Waals surface area contributed by atoms with Gasteiger partial charge in [-0.3, -0.25) is 47.9 Å². The van der Waals surface area contributed by atoms with Crippen LogP contribution in [0.4, 0.5) is 0 Å². The van der Waals surface area contributed by atoms with Crippen molar-refractivity contribution >= 4 is 59.7 Å². The molecule has 0 spiro atoms. The third-order valence-electron chi connectivity index (χ3n) is 9.36. The van der Waals surface area contributed by atoms with Crippen molar-refractivity contribution in [3.8, 4) is 0 Å². The lowest BCUT2D eigenvalue weighted by Gasteiger charge is -2.50. The van der Waals surface area contributed by atoms with Gasteiger partial charge in [-0.1, -0.05) is 6.08 Å². The molecule has 0 unspecified atom stereocenters. The van der Waals surface area contributed by atoms with Gasteiger partial charge in [0.25, 0.3) is 0 Å². The summed E-state index contributed by atoms with van der Waals surface area (Å²) in [6, 6.07) is 0. The molecule has 3 aliphatic heterocycles. The van der Waals surface area contributed by atoms with Gasteiger partial charge in [0.2, 0.25) is 0 Å². The van der Waals surface area contributed by atoms with Crippen LogP contribution >= 0.6 is 0 Å². The fourth-order valence-corrected chi connectivity index (χ4v) is 7.24. The highest BCUT2D eigenvalue weighted by Crippen LogP contribution is 2.38. The first-order chi connectivity index (χ1) is 30.9. The second kappa shape index (κ2) is 25.2. The van der Waals surface area contributed by atoms with E-state index < -0.39 is 171 Å². The molecule has 0 radical (unpaired) electrons. The molecule has 66 heavy (non-hydrogen) atoms. The predicted octanol–water partition coefficient (Wildman–Crippen LogP) is -0.239. The van der Waals surface area contributed by atoms with Gasteiger partial charge in [0.15, 0.2) is 55.3 Å². The van der Waals surface area contributed by atoms with Crippen LogP contribution in [0.1, 0.15) is 75.7 Å². The number of hydrogen-bond donors (Lipinski definition) is 0. The van der Waals surface area contributed by atoms with Gasteiger partial charge in [-0.25, -0.2) is 0 Å². The zero-order valence-electron chi connectivity index (χ0n) is 38.0. The Morgan fingerprint density at radius 2 is 0.606 bits per heavy atom. The lowest BCUT2D eigenvalue weighted by Crippen LogP contribution is -2.68. The van der Waals surface area contributed by atoms with Gasteiger partial charge in [-0.05, 0) is 6.42 Å². The van der Waals surface area contributed by atoms with Crippen LogP contribution in [0.25, 0.3) is 0 Å². The molecule has 3 saturated heterocycles. The highest BCUT2D eigenvalue weighted by atomic mass is 16.8. The Morgan fingerprint density at radius 3 is 0.924 bits per heavy atom.